The third-order valence-electron chi connectivity index (χ3n) is 4.37. The van der Waals surface area contributed by atoms with Crippen molar-refractivity contribution in [3.63, 3.8) is 0 Å². The summed E-state index contributed by atoms with van der Waals surface area (Å²) >= 11 is 1.58. The normalized spacial score (nSPS) is 16.2. The summed E-state index contributed by atoms with van der Waals surface area (Å²) in [4.78, 5) is 8.69. The smallest absolute Gasteiger partial charge is 0.367 e. The number of aromatic nitrogens is 1. The molecule has 2 aromatic rings. The molecule has 0 bridgehead atoms. The molecule has 26 heavy (non-hydrogen) atoms. The molecule has 0 N–H and O–H groups in total. The van der Waals surface area contributed by atoms with Crippen molar-refractivity contribution in [3.05, 3.63) is 34.8 Å². The fourth-order valence-corrected chi connectivity index (χ4v) is 4.74. The monoisotopic (exact) mass is 405 g/mol. The van der Waals surface area contributed by atoms with Crippen LogP contribution in [0.15, 0.2) is 29.2 Å². The van der Waals surface area contributed by atoms with Gasteiger partial charge in [-0.2, -0.15) is 13.2 Å². The number of alkyl halides is 3. The number of thiazole rings is 1. The highest BCUT2D eigenvalue weighted by atomic mass is 32.2. The summed E-state index contributed by atoms with van der Waals surface area (Å²) in [6.45, 7) is 5.89. The Hall–Kier alpha value is -1.81. The zero-order valence-electron chi connectivity index (χ0n) is 14.2. The molecule has 0 aliphatic carbocycles. The first kappa shape index (κ1) is 19.0. The second-order valence-electron chi connectivity index (χ2n) is 6.03. The fraction of sp³-hybridized carbons (Fsp3) is 0.438. The number of hydrogen-bond donors (Lipinski definition) is 0. The van der Waals surface area contributed by atoms with Gasteiger partial charge in [0.1, 0.15) is 0 Å². The lowest BCUT2D eigenvalue weighted by Gasteiger charge is -2.36. The van der Waals surface area contributed by atoms with Crippen molar-refractivity contribution in [2.45, 2.75) is 24.3 Å². The molecular formula is C16H18F3N3O2S2. The van der Waals surface area contributed by atoms with Gasteiger partial charge in [0.15, 0.2) is 5.13 Å². The van der Waals surface area contributed by atoms with Gasteiger partial charge in [-0.1, -0.05) is 12.1 Å². The maximum absolute atomic E-state index is 13.0. The summed E-state index contributed by atoms with van der Waals surface area (Å²) in [7, 11) is -5.39. The van der Waals surface area contributed by atoms with E-state index in [1.54, 1.807) is 22.3 Å². The average Bonchev–Trinajstić information content (AvgIpc) is 2.93. The first-order valence-electron chi connectivity index (χ1n) is 7.95. The number of hydrogen-bond acceptors (Lipinski definition) is 6. The maximum Gasteiger partial charge on any atom is 0.501 e. The van der Waals surface area contributed by atoms with Crippen molar-refractivity contribution in [2.75, 3.05) is 36.0 Å². The first-order chi connectivity index (χ1) is 12.1. The molecule has 1 aliphatic heterocycles. The molecule has 0 radical (unpaired) electrons. The molecule has 3 rings (SSSR count). The lowest BCUT2D eigenvalue weighted by atomic mass is 10.2. The summed E-state index contributed by atoms with van der Waals surface area (Å²) in [6, 6.07) is 5.29. The molecule has 142 valence electrons. The number of sulfone groups is 1. The Bertz CT molecular complexity index is 882. The Kier molecular flexibility index (Phi) is 4.91. The van der Waals surface area contributed by atoms with Gasteiger partial charge in [0.05, 0.1) is 16.3 Å². The molecule has 0 atom stereocenters. The van der Waals surface area contributed by atoms with E-state index in [1.165, 1.54) is 12.1 Å². The van der Waals surface area contributed by atoms with Crippen LogP contribution in [0, 0.1) is 13.8 Å². The van der Waals surface area contributed by atoms with Crippen LogP contribution in [-0.2, 0) is 9.84 Å². The molecule has 1 saturated heterocycles. The van der Waals surface area contributed by atoms with Crippen LogP contribution in [0.3, 0.4) is 0 Å². The predicted octanol–water partition coefficient (Wildman–Crippen LogP) is 3.38. The summed E-state index contributed by atoms with van der Waals surface area (Å²) in [6.07, 6.45) is 0. The topological polar surface area (TPSA) is 53.5 Å². The molecule has 5 nitrogen and oxygen atoms in total. The van der Waals surface area contributed by atoms with Crippen LogP contribution >= 0.6 is 11.3 Å². The van der Waals surface area contributed by atoms with Gasteiger partial charge in [-0.15, -0.1) is 11.3 Å². The summed E-state index contributed by atoms with van der Waals surface area (Å²) < 4.78 is 62.7. The second kappa shape index (κ2) is 6.73. The summed E-state index contributed by atoms with van der Waals surface area (Å²) in [5, 5.41) is 0.885. The zero-order valence-corrected chi connectivity index (χ0v) is 15.9. The van der Waals surface area contributed by atoms with E-state index < -0.39 is 20.2 Å². The zero-order chi connectivity index (χ0) is 19.1. The highest BCUT2D eigenvalue weighted by Gasteiger charge is 2.48. The van der Waals surface area contributed by atoms with Crippen LogP contribution in [0.5, 0.6) is 0 Å². The number of nitrogens with zero attached hydrogens (tertiary/aromatic N) is 3. The number of para-hydroxylation sites is 1. The van der Waals surface area contributed by atoms with Gasteiger partial charge >= 0.3 is 5.51 Å². The minimum Gasteiger partial charge on any atom is -0.367 e. The summed E-state index contributed by atoms with van der Waals surface area (Å²) in [5.41, 5.74) is -4.26. The van der Waals surface area contributed by atoms with Gasteiger partial charge in [0.25, 0.3) is 9.84 Å². The predicted molar refractivity (Wildman–Crippen MR) is 95.7 cm³/mol. The first-order valence-corrected chi connectivity index (χ1v) is 10.3. The Balaban J connectivity index is 1.82. The molecule has 1 aromatic carbocycles. The number of halogens is 3. The van der Waals surface area contributed by atoms with Crippen LogP contribution in [0.25, 0.3) is 0 Å². The van der Waals surface area contributed by atoms with Crippen molar-refractivity contribution < 1.29 is 21.6 Å². The maximum atomic E-state index is 13.0. The molecule has 0 amide bonds. The van der Waals surface area contributed by atoms with E-state index in [9.17, 15) is 21.6 Å². The number of piperazine rings is 1. The van der Waals surface area contributed by atoms with Crippen molar-refractivity contribution in [1.82, 2.24) is 4.98 Å². The van der Waals surface area contributed by atoms with Gasteiger partial charge in [0.2, 0.25) is 0 Å². The van der Waals surface area contributed by atoms with E-state index in [2.05, 4.69) is 9.88 Å². The largest absolute Gasteiger partial charge is 0.501 e. The number of anilines is 2. The van der Waals surface area contributed by atoms with Gasteiger partial charge in [0, 0.05) is 31.1 Å². The molecule has 1 aromatic heterocycles. The highest BCUT2D eigenvalue weighted by Crippen LogP contribution is 2.36. The lowest BCUT2D eigenvalue weighted by Crippen LogP contribution is -2.47. The SMILES string of the molecule is Cc1nc(N2CCN(c3ccccc3S(=O)(=O)C(F)(F)F)CC2)sc1C. The van der Waals surface area contributed by atoms with Crippen LogP contribution in [0.4, 0.5) is 24.0 Å². The number of benzene rings is 1. The van der Waals surface area contributed by atoms with Gasteiger partial charge in [-0.05, 0) is 26.0 Å². The van der Waals surface area contributed by atoms with E-state index in [0.29, 0.717) is 26.2 Å². The van der Waals surface area contributed by atoms with Gasteiger partial charge < -0.3 is 9.80 Å². The molecule has 2 heterocycles. The fourth-order valence-electron chi connectivity index (χ4n) is 2.80. The number of rotatable bonds is 3. The van der Waals surface area contributed by atoms with Crippen molar-refractivity contribution in [2.24, 2.45) is 0 Å². The Morgan fingerprint density at radius 1 is 1.04 bits per heavy atom. The molecule has 0 spiro atoms. The lowest BCUT2D eigenvalue weighted by molar-refractivity contribution is -0.0435. The quantitative estimate of drug-likeness (QED) is 0.784. The van der Waals surface area contributed by atoms with E-state index >= 15 is 0 Å². The van der Waals surface area contributed by atoms with Crippen LogP contribution in [0.2, 0.25) is 0 Å². The van der Waals surface area contributed by atoms with Crippen molar-refractivity contribution >= 4 is 32.0 Å². The van der Waals surface area contributed by atoms with E-state index in [0.717, 1.165) is 21.8 Å². The Labute approximate surface area is 154 Å². The highest BCUT2D eigenvalue weighted by molar-refractivity contribution is 7.92. The molecular weight excluding hydrogens is 387 g/mol. The molecule has 10 heteroatoms. The minimum atomic E-state index is -5.39. The van der Waals surface area contributed by atoms with Crippen LogP contribution in [0.1, 0.15) is 10.6 Å². The van der Waals surface area contributed by atoms with E-state index in [4.69, 9.17) is 0 Å². The van der Waals surface area contributed by atoms with Gasteiger partial charge in [-0.3, -0.25) is 0 Å². The molecule has 0 saturated carbocycles. The third-order valence-corrected chi connectivity index (χ3v) is 7.03. The van der Waals surface area contributed by atoms with E-state index in [-0.39, 0.29) is 5.69 Å². The third kappa shape index (κ3) is 3.39. The van der Waals surface area contributed by atoms with E-state index in [1.807, 2.05) is 13.8 Å². The molecule has 1 fully saturated rings. The second-order valence-corrected chi connectivity index (χ2v) is 9.12. The number of aryl methyl sites for hydroxylation is 2. The van der Waals surface area contributed by atoms with Crippen LogP contribution in [-0.4, -0.2) is 45.1 Å². The van der Waals surface area contributed by atoms with Crippen molar-refractivity contribution in [1.29, 1.82) is 0 Å². The van der Waals surface area contributed by atoms with Crippen LogP contribution < -0.4 is 9.80 Å². The van der Waals surface area contributed by atoms with Crippen molar-refractivity contribution in [3.8, 4) is 0 Å². The summed E-state index contributed by atoms with van der Waals surface area (Å²) in [5.74, 6) is 0. The minimum absolute atomic E-state index is 0.0935. The molecule has 1 aliphatic rings. The van der Waals surface area contributed by atoms with Gasteiger partial charge in [-0.25, -0.2) is 13.4 Å². The standard InChI is InChI=1S/C16H18F3N3O2S2/c1-11-12(2)25-15(20-11)22-9-7-21(8-10-22)13-5-3-4-6-14(13)26(23,24)16(17,18)19/h3-6H,7-10H2,1-2H3. The Morgan fingerprint density at radius 2 is 1.62 bits per heavy atom. The average molecular weight is 405 g/mol. The Morgan fingerprint density at radius 3 is 2.15 bits per heavy atom. The molecule has 0 unspecified atom stereocenters.